The fourth-order valence-electron chi connectivity index (χ4n) is 2.10. The van der Waals surface area contributed by atoms with E-state index in [0.717, 1.165) is 10.8 Å². The van der Waals surface area contributed by atoms with E-state index in [-0.39, 0.29) is 5.69 Å². The monoisotopic (exact) mass is 229 g/mol. The molecule has 3 rings (SSSR count). The van der Waals surface area contributed by atoms with E-state index >= 15 is 0 Å². The van der Waals surface area contributed by atoms with Gasteiger partial charge in [0.1, 0.15) is 5.69 Å². The summed E-state index contributed by atoms with van der Waals surface area (Å²) in [6.07, 6.45) is -2.55. The summed E-state index contributed by atoms with van der Waals surface area (Å²) in [4.78, 5) is 4.05. The highest BCUT2D eigenvalue weighted by Gasteiger charge is 2.15. The van der Waals surface area contributed by atoms with Gasteiger partial charge in [-0.15, -0.1) is 0 Å². The normalized spacial score (nSPS) is 11.5. The second kappa shape index (κ2) is 3.77. The molecule has 2 aromatic carbocycles. The van der Waals surface area contributed by atoms with E-state index in [1.54, 1.807) is 24.3 Å². The molecule has 0 aliphatic carbocycles. The van der Waals surface area contributed by atoms with Crippen molar-refractivity contribution >= 4 is 21.7 Å². The van der Waals surface area contributed by atoms with Gasteiger partial charge in [-0.1, -0.05) is 42.5 Å². The molecule has 0 spiro atoms. The summed E-state index contributed by atoms with van der Waals surface area (Å²) in [5, 5.41) is 2.27. The Morgan fingerprint density at radius 3 is 2.06 bits per heavy atom. The van der Waals surface area contributed by atoms with Crippen LogP contribution in [0.15, 0.2) is 48.5 Å². The first kappa shape index (κ1) is 10.1. The number of fused-ring (bicyclic) bond motifs is 3. The zero-order valence-corrected chi connectivity index (χ0v) is 8.90. The van der Waals surface area contributed by atoms with Crippen molar-refractivity contribution in [3.8, 4) is 0 Å². The SMILES string of the molecule is FC(F)c1nc2ccccc2c2ccccc12. The molecule has 0 unspecified atom stereocenters. The summed E-state index contributed by atoms with van der Waals surface area (Å²) in [7, 11) is 0. The predicted octanol–water partition coefficient (Wildman–Crippen LogP) is 4.33. The third-order valence-corrected chi connectivity index (χ3v) is 2.84. The van der Waals surface area contributed by atoms with Crippen LogP contribution in [0.1, 0.15) is 12.1 Å². The molecule has 0 saturated heterocycles. The predicted molar refractivity (Wildman–Crippen MR) is 64.2 cm³/mol. The van der Waals surface area contributed by atoms with Gasteiger partial charge in [0.25, 0.3) is 6.43 Å². The molecule has 0 fully saturated rings. The largest absolute Gasteiger partial charge is 0.280 e. The molecule has 0 aliphatic heterocycles. The van der Waals surface area contributed by atoms with Gasteiger partial charge in [-0.05, 0) is 11.5 Å². The number of pyridine rings is 1. The van der Waals surface area contributed by atoms with Crippen LogP contribution in [0.3, 0.4) is 0 Å². The van der Waals surface area contributed by atoms with E-state index in [9.17, 15) is 8.78 Å². The van der Waals surface area contributed by atoms with Gasteiger partial charge in [-0.2, -0.15) is 0 Å². The van der Waals surface area contributed by atoms with E-state index in [1.807, 2.05) is 24.3 Å². The van der Waals surface area contributed by atoms with E-state index < -0.39 is 6.43 Å². The molecular weight excluding hydrogens is 220 g/mol. The Morgan fingerprint density at radius 2 is 1.35 bits per heavy atom. The smallest absolute Gasteiger partial charge is 0.246 e. The van der Waals surface area contributed by atoms with Crippen LogP contribution < -0.4 is 0 Å². The van der Waals surface area contributed by atoms with Crippen LogP contribution in [-0.4, -0.2) is 4.98 Å². The van der Waals surface area contributed by atoms with Gasteiger partial charge in [0, 0.05) is 10.8 Å². The van der Waals surface area contributed by atoms with E-state index in [2.05, 4.69) is 4.98 Å². The second-order valence-corrected chi connectivity index (χ2v) is 3.86. The van der Waals surface area contributed by atoms with E-state index in [4.69, 9.17) is 0 Å². The Labute approximate surface area is 96.7 Å². The molecular formula is C14H9F2N. The Bertz CT molecular complexity index is 692. The number of hydrogen-bond acceptors (Lipinski definition) is 1. The van der Waals surface area contributed by atoms with Gasteiger partial charge in [-0.25, -0.2) is 13.8 Å². The molecule has 3 aromatic rings. The number of para-hydroxylation sites is 1. The summed E-state index contributed by atoms with van der Waals surface area (Å²) in [5.41, 5.74) is 0.473. The number of halogens is 2. The van der Waals surface area contributed by atoms with Crippen LogP contribution in [0.25, 0.3) is 21.7 Å². The van der Waals surface area contributed by atoms with Crippen LogP contribution in [-0.2, 0) is 0 Å². The number of hydrogen-bond donors (Lipinski definition) is 0. The van der Waals surface area contributed by atoms with Crippen molar-refractivity contribution in [3.63, 3.8) is 0 Å². The van der Waals surface area contributed by atoms with Crippen molar-refractivity contribution in [1.82, 2.24) is 4.98 Å². The lowest BCUT2D eigenvalue weighted by atomic mass is 10.0. The standard InChI is InChI=1S/C14H9F2N/c15-14(16)13-11-7-2-1-5-9(11)10-6-3-4-8-12(10)17-13/h1-8,14H. The van der Waals surface area contributed by atoms with Gasteiger partial charge in [0.05, 0.1) is 5.52 Å². The van der Waals surface area contributed by atoms with Gasteiger partial charge >= 0.3 is 0 Å². The minimum atomic E-state index is -2.55. The Balaban J connectivity index is 2.55. The van der Waals surface area contributed by atoms with E-state index in [1.165, 1.54) is 0 Å². The number of benzene rings is 2. The maximum atomic E-state index is 13.0. The number of aromatic nitrogens is 1. The first-order valence-corrected chi connectivity index (χ1v) is 5.33. The van der Waals surface area contributed by atoms with Crippen LogP contribution in [0.2, 0.25) is 0 Å². The van der Waals surface area contributed by atoms with Crippen molar-refractivity contribution in [2.45, 2.75) is 6.43 Å². The fraction of sp³-hybridized carbons (Fsp3) is 0.0714. The maximum Gasteiger partial charge on any atom is 0.280 e. The van der Waals surface area contributed by atoms with Crippen molar-refractivity contribution in [2.24, 2.45) is 0 Å². The first-order chi connectivity index (χ1) is 8.27. The maximum absolute atomic E-state index is 13.0. The summed E-state index contributed by atoms with van der Waals surface area (Å²) in [5.74, 6) is 0. The number of nitrogens with zero attached hydrogens (tertiary/aromatic N) is 1. The Morgan fingerprint density at radius 1 is 0.765 bits per heavy atom. The first-order valence-electron chi connectivity index (χ1n) is 5.33. The number of rotatable bonds is 1. The Hall–Kier alpha value is -2.03. The lowest BCUT2D eigenvalue weighted by molar-refractivity contribution is 0.148. The van der Waals surface area contributed by atoms with Crippen molar-refractivity contribution < 1.29 is 8.78 Å². The third kappa shape index (κ3) is 1.55. The highest BCUT2D eigenvalue weighted by Crippen LogP contribution is 2.31. The molecule has 1 nitrogen and oxygen atoms in total. The summed E-state index contributed by atoms with van der Waals surface area (Å²) in [6.45, 7) is 0. The number of alkyl halides is 2. The topological polar surface area (TPSA) is 12.9 Å². The zero-order valence-electron chi connectivity index (χ0n) is 8.90. The van der Waals surface area contributed by atoms with E-state index in [0.29, 0.717) is 10.9 Å². The molecule has 3 heteroatoms. The highest BCUT2D eigenvalue weighted by molar-refractivity contribution is 6.06. The van der Waals surface area contributed by atoms with Crippen molar-refractivity contribution in [1.29, 1.82) is 0 Å². The summed E-state index contributed by atoms with van der Waals surface area (Å²) >= 11 is 0. The van der Waals surface area contributed by atoms with Gasteiger partial charge < -0.3 is 0 Å². The molecule has 0 atom stereocenters. The van der Waals surface area contributed by atoms with Gasteiger partial charge in [0.15, 0.2) is 0 Å². The van der Waals surface area contributed by atoms with Crippen LogP contribution in [0.4, 0.5) is 8.78 Å². The summed E-state index contributed by atoms with van der Waals surface area (Å²) < 4.78 is 25.9. The van der Waals surface area contributed by atoms with Crippen LogP contribution in [0.5, 0.6) is 0 Å². The second-order valence-electron chi connectivity index (χ2n) is 3.86. The molecule has 1 heterocycles. The molecule has 0 bridgehead atoms. The summed E-state index contributed by atoms with van der Waals surface area (Å²) in [6, 6.07) is 14.5. The Kier molecular flexibility index (Phi) is 2.25. The molecule has 17 heavy (non-hydrogen) atoms. The fourth-order valence-corrected chi connectivity index (χ4v) is 2.10. The van der Waals surface area contributed by atoms with Gasteiger partial charge in [0.2, 0.25) is 0 Å². The molecule has 0 saturated carbocycles. The molecule has 0 radical (unpaired) electrons. The molecule has 84 valence electrons. The zero-order chi connectivity index (χ0) is 11.8. The molecule has 0 amide bonds. The lowest BCUT2D eigenvalue weighted by Gasteiger charge is -2.08. The lowest BCUT2D eigenvalue weighted by Crippen LogP contribution is -1.93. The van der Waals surface area contributed by atoms with Crippen molar-refractivity contribution in [3.05, 3.63) is 54.2 Å². The molecule has 1 aromatic heterocycles. The van der Waals surface area contributed by atoms with Crippen molar-refractivity contribution in [2.75, 3.05) is 0 Å². The molecule has 0 aliphatic rings. The quantitative estimate of drug-likeness (QED) is 0.566. The molecule has 0 N–H and O–H groups in total. The minimum Gasteiger partial charge on any atom is -0.246 e. The van der Waals surface area contributed by atoms with Gasteiger partial charge in [-0.3, -0.25) is 0 Å². The van der Waals surface area contributed by atoms with Crippen LogP contribution >= 0.6 is 0 Å². The highest BCUT2D eigenvalue weighted by atomic mass is 19.3. The van der Waals surface area contributed by atoms with Crippen LogP contribution in [0, 0.1) is 0 Å². The average molecular weight is 229 g/mol. The average Bonchev–Trinajstić information content (AvgIpc) is 2.37. The third-order valence-electron chi connectivity index (χ3n) is 2.84. The minimum absolute atomic E-state index is 0.140.